The maximum absolute atomic E-state index is 11.9. The topological polar surface area (TPSA) is 38.3 Å². The Kier molecular flexibility index (Phi) is 6.07. The quantitative estimate of drug-likeness (QED) is 0.797. The molecular weight excluding hydrogens is 286 g/mol. The van der Waals surface area contributed by atoms with Gasteiger partial charge in [-0.3, -0.25) is 4.79 Å². The summed E-state index contributed by atoms with van der Waals surface area (Å²) in [6, 6.07) is 7.81. The number of hydrogen-bond donors (Lipinski definition) is 1. The van der Waals surface area contributed by atoms with Crippen LogP contribution in [-0.2, 0) is 16.0 Å². The molecule has 1 aliphatic carbocycles. The van der Waals surface area contributed by atoms with Crippen LogP contribution in [0.1, 0.15) is 37.7 Å². The summed E-state index contributed by atoms with van der Waals surface area (Å²) in [5, 5.41) is 3.82. The van der Waals surface area contributed by atoms with Crippen molar-refractivity contribution in [2.75, 3.05) is 20.3 Å². The Morgan fingerprint density at radius 3 is 2.62 bits per heavy atom. The van der Waals surface area contributed by atoms with Crippen molar-refractivity contribution < 1.29 is 9.53 Å². The van der Waals surface area contributed by atoms with E-state index in [1.54, 1.807) is 7.11 Å². The Bertz CT molecular complexity index is 454. The van der Waals surface area contributed by atoms with Gasteiger partial charge in [0, 0.05) is 30.5 Å². The summed E-state index contributed by atoms with van der Waals surface area (Å²) in [5.41, 5.74) is 1.42. The zero-order valence-corrected chi connectivity index (χ0v) is 13.4. The molecule has 3 nitrogen and oxygen atoms in total. The second-order valence-electron chi connectivity index (χ2n) is 6.04. The van der Waals surface area contributed by atoms with E-state index in [1.807, 2.05) is 24.3 Å². The third kappa shape index (κ3) is 5.01. The summed E-state index contributed by atoms with van der Waals surface area (Å²) in [6.07, 6.45) is 5.91. The van der Waals surface area contributed by atoms with Crippen molar-refractivity contribution in [3.63, 3.8) is 0 Å². The summed E-state index contributed by atoms with van der Waals surface area (Å²) in [5.74, 6) is 0.145. The summed E-state index contributed by atoms with van der Waals surface area (Å²) in [6.45, 7) is 1.50. The highest BCUT2D eigenvalue weighted by molar-refractivity contribution is 6.30. The zero-order chi connectivity index (χ0) is 15.1. The first kappa shape index (κ1) is 16.3. The predicted octanol–water partition coefficient (Wildman–Crippen LogP) is 3.60. The molecule has 0 unspecified atom stereocenters. The lowest BCUT2D eigenvalue weighted by atomic mass is 9.69. The molecule has 21 heavy (non-hydrogen) atoms. The largest absolute Gasteiger partial charge is 0.384 e. The second kappa shape index (κ2) is 7.81. The van der Waals surface area contributed by atoms with Crippen LogP contribution < -0.4 is 5.32 Å². The first-order chi connectivity index (χ1) is 10.1. The van der Waals surface area contributed by atoms with E-state index in [1.165, 1.54) is 12.0 Å². The number of carbonyl (C=O) groups excluding carboxylic acids is 1. The lowest BCUT2D eigenvalue weighted by molar-refractivity contribution is -0.122. The van der Waals surface area contributed by atoms with Crippen molar-refractivity contribution in [3.05, 3.63) is 34.9 Å². The van der Waals surface area contributed by atoms with Gasteiger partial charge in [-0.2, -0.15) is 0 Å². The Labute approximate surface area is 132 Å². The predicted molar refractivity (Wildman–Crippen MR) is 85.6 cm³/mol. The molecule has 1 aromatic rings. The van der Waals surface area contributed by atoms with Crippen LogP contribution in [-0.4, -0.2) is 26.2 Å². The molecule has 1 N–H and O–H groups in total. The van der Waals surface area contributed by atoms with E-state index < -0.39 is 0 Å². The lowest BCUT2D eigenvalue weighted by Crippen LogP contribution is -2.45. The summed E-state index contributed by atoms with van der Waals surface area (Å²) >= 11 is 5.85. The van der Waals surface area contributed by atoms with Crippen molar-refractivity contribution in [2.24, 2.45) is 5.41 Å². The minimum atomic E-state index is 0.145. The number of aryl methyl sites for hydroxylation is 1. The maximum atomic E-state index is 11.9. The molecule has 1 aliphatic rings. The lowest BCUT2D eigenvalue weighted by Gasteiger charge is -2.41. The van der Waals surface area contributed by atoms with Gasteiger partial charge in [0.1, 0.15) is 0 Å². The fourth-order valence-corrected chi connectivity index (χ4v) is 2.96. The molecule has 0 saturated heterocycles. The van der Waals surface area contributed by atoms with Crippen LogP contribution in [0.5, 0.6) is 0 Å². The van der Waals surface area contributed by atoms with Crippen molar-refractivity contribution in [2.45, 2.75) is 38.5 Å². The number of halogens is 1. The fraction of sp³-hybridized carbons (Fsp3) is 0.588. The van der Waals surface area contributed by atoms with Gasteiger partial charge in [0.15, 0.2) is 0 Å². The molecule has 0 aliphatic heterocycles. The van der Waals surface area contributed by atoms with E-state index in [-0.39, 0.29) is 11.3 Å². The summed E-state index contributed by atoms with van der Waals surface area (Å²) in [7, 11) is 1.73. The van der Waals surface area contributed by atoms with Crippen molar-refractivity contribution in [1.82, 2.24) is 5.32 Å². The van der Waals surface area contributed by atoms with E-state index in [4.69, 9.17) is 16.3 Å². The van der Waals surface area contributed by atoms with E-state index in [0.717, 1.165) is 43.9 Å². The molecule has 4 heteroatoms. The highest BCUT2D eigenvalue weighted by Gasteiger charge is 2.37. The average Bonchev–Trinajstić information content (AvgIpc) is 2.44. The molecule has 0 atom stereocenters. The smallest absolute Gasteiger partial charge is 0.220 e. The maximum Gasteiger partial charge on any atom is 0.220 e. The first-order valence-corrected chi connectivity index (χ1v) is 8.01. The highest BCUT2D eigenvalue weighted by atomic mass is 35.5. The molecule has 0 aromatic heterocycles. The normalized spacial score (nSPS) is 16.3. The first-order valence-electron chi connectivity index (χ1n) is 7.64. The molecule has 1 saturated carbocycles. The molecule has 2 rings (SSSR count). The van der Waals surface area contributed by atoms with Crippen LogP contribution in [0.2, 0.25) is 5.02 Å². The Balaban J connectivity index is 1.64. The van der Waals surface area contributed by atoms with Gasteiger partial charge in [0.25, 0.3) is 0 Å². The molecule has 1 fully saturated rings. The number of ether oxygens (including phenoxy) is 1. The molecular formula is C17H24ClNO2. The van der Waals surface area contributed by atoms with E-state index in [2.05, 4.69) is 5.32 Å². The Morgan fingerprint density at radius 1 is 1.33 bits per heavy atom. The van der Waals surface area contributed by atoms with E-state index in [9.17, 15) is 4.79 Å². The second-order valence-corrected chi connectivity index (χ2v) is 6.48. The standard InChI is InChI=1S/C17H24ClNO2/c1-21-13-17(10-3-11-17)12-19-16(20)5-2-4-14-6-8-15(18)9-7-14/h6-9H,2-5,10-13H2,1H3,(H,19,20). The monoisotopic (exact) mass is 309 g/mol. The van der Waals surface area contributed by atoms with Gasteiger partial charge in [0.05, 0.1) is 6.61 Å². The van der Waals surface area contributed by atoms with E-state index in [0.29, 0.717) is 6.42 Å². The number of methoxy groups -OCH3 is 1. The van der Waals surface area contributed by atoms with Gasteiger partial charge < -0.3 is 10.1 Å². The van der Waals surface area contributed by atoms with E-state index >= 15 is 0 Å². The van der Waals surface area contributed by atoms with Crippen molar-refractivity contribution >= 4 is 17.5 Å². The SMILES string of the molecule is COCC1(CNC(=O)CCCc2ccc(Cl)cc2)CCC1. The van der Waals surface area contributed by atoms with Gasteiger partial charge in [0.2, 0.25) is 5.91 Å². The number of hydrogen-bond acceptors (Lipinski definition) is 2. The molecule has 0 heterocycles. The molecule has 1 amide bonds. The van der Waals surface area contributed by atoms with Crippen molar-refractivity contribution in [1.29, 1.82) is 0 Å². The van der Waals surface area contributed by atoms with Gasteiger partial charge in [-0.25, -0.2) is 0 Å². The van der Waals surface area contributed by atoms with Crippen LogP contribution in [0.15, 0.2) is 24.3 Å². The van der Waals surface area contributed by atoms with Gasteiger partial charge in [-0.1, -0.05) is 30.2 Å². The van der Waals surface area contributed by atoms with Crippen LogP contribution in [0, 0.1) is 5.41 Å². The number of nitrogens with one attached hydrogen (secondary N) is 1. The summed E-state index contributed by atoms with van der Waals surface area (Å²) < 4.78 is 5.27. The van der Waals surface area contributed by atoms with Crippen LogP contribution in [0.3, 0.4) is 0 Å². The number of amides is 1. The van der Waals surface area contributed by atoms with Gasteiger partial charge in [-0.15, -0.1) is 0 Å². The summed E-state index contributed by atoms with van der Waals surface area (Å²) in [4.78, 5) is 11.9. The number of rotatable bonds is 8. The molecule has 0 radical (unpaired) electrons. The number of carbonyl (C=O) groups is 1. The zero-order valence-electron chi connectivity index (χ0n) is 12.7. The molecule has 1 aromatic carbocycles. The van der Waals surface area contributed by atoms with Crippen molar-refractivity contribution in [3.8, 4) is 0 Å². The third-order valence-corrected chi connectivity index (χ3v) is 4.56. The molecule has 0 spiro atoms. The Morgan fingerprint density at radius 2 is 2.05 bits per heavy atom. The number of benzene rings is 1. The third-order valence-electron chi connectivity index (χ3n) is 4.31. The molecule has 116 valence electrons. The fourth-order valence-electron chi connectivity index (χ4n) is 2.83. The minimum Gasteiger partial charge on any atom is -0.384 e. The van der Waals surface area contributed by atoms with Crippen LogP contribution in [0.25, 0.3) is 0 Å². The van der Waals surface area contributed by atoms with Gasteiger partial charge in [-0.05, 0) is 43.4 Å². The highest BCUT2D eigenvalue weighted by Crippen LogP contribution is 2.40. The Hall–Kier alpha value is -1.06. The van der Waals surface area contributed by atoms with Crippen LogP contribution >= 0.6 is 11.6 Å². The van der Waals surface area contributed by atoms with Gasteiger partial charge >= 0.3 is 0 Å². The van der Waals surface area contributed by atoms with Crippen LogP contribution in [0.4, 0.5) is 0 Å². The minimum absolute atomic E-state index is 0.145. The average molecular weight is 310 g/mol. The molecule has 0 bridgehead atoms.